The molecule has 0 bridgehead atoms. The number of fused-ring (bicyclic) bond motifs is 1. The van der Waals surface area contributed by atoms with Crippen molar-refractivity contribution in [3.05, 3.63) is 64.6 Å². The molecule has 0 radical (unpaired) electrons. The number of rotatable bonds is 4. The van der Waals surface area contributed by atoms with Gasteiger partial charge in [0.1, 0.15) is 5.75 Å². The summed E-state index contributed by atoms with van der Waals surface area (Å²) in [6, 6.07) is 13.6. The average molecular weight is 409 g/mol. The SMILES string of the molecule is COc1ccc2nc(C=Cc3ccccc3Cl)nc(C3CCC(N)(N)CC3)c2c1. The maximum absolute atomic E-state index is 6.27. The van der Waals surface area contributed by atoms with Gasteiger partial charge >= 0.3 is 0 Å². The third-order valence-corrected chi connectivity index (χ3v) is 5.91. The van der Waals surface area contributed by atoms with Gasteiger partial charge in [-0.05, 0) is 67.7 Å². The fourth-order valence-electron chi connectivity index (χ4n) is 3.87. The molecule has 3 aromatic rings. The monoisotopic (exact) mass is 408 g/mol. The van der Waals surface area contributed by atoms with E-state index in [-0.39, 0.29) is 0 Å². The number of methoxy groups -OCH3 is 1. The highest BCUT2D eigenvalue weighted by Crippen LogP contribution is 2.37. The molecule has 0 amide bonds. The van der Waals surface area contributed by atoms with Crippen molar-refractivity contribution in [1.82, 2.24) is 9.97 Å². The molecule has 6 heteroatoms. The van der Waals surface area contributed by atoms with E-state index in [0.29, 0.717) is 16.8 Å². The number of aromatic nitrogens is 2. The van der Waals surface area contributed by atoms with Crippen LogP contribution < -0.4 is 16.2 Å². The zero-order valence-corrected chi connectivity index (χ0v) is 17.2. The van der Waals surface area contributed by atoms with Crippen LogP contribution in [0, 0.1) is 0 Å². The molecule has 0 aliphatic heterocycles. The van der Waals surface area contributed by atoms with Gasteiger partial charge in [-0.25, -0.2) is 9.97 Å². The van der Waals surface area contributed by atoms with Gasteiger partial charge in [0.2, 0.25) is 0 Å². The lowest BCUT2D eigenvalue weighted by Gasteiger charge is -2.34. The zero-order valence-electron chi connectivity index (χ0n) is 16.4. The minimum Gasteiger partial charge on any atom is -0.497 e. The van der Waals surface area contributed by atoms with Crippen molar-refractivity contribution in [3.63, 3.8) is 0 Å². The van der Waals surface area contributed by atoms with E-state index in [4.69, 9.17) is 37.8 Å². The molecule has 0 spiro atoms. The molecule has 0 atom stereocenters. The van der Waals surface area contributed by atoms with Crippen LogP contribution in [-0.4, -0.2) is 22.7 Å². The van der Waals surface area contributed by atoms with Crippen LogP contribution in [-0.2, 0) is 0 Å². The molecule has 1 aliphatic rings. The van der Waals surface area contributed by atoms with E-state index in [1.165, 1.54) is 0 Å². The number of benzene rings is 2. The van der Waals surface area contributed by atoms with E-state index < -0.39 is 5.66 Å². The Balaban J connectivity index is 1.76. The lowest BCUT2D eigenvalue weighted by atomic mass is 9.80. The van der Waals surface area contributed by atoms with Gasteiger partial charge < -0.3 is 16.2 Å². The highest BCUT2D eigenvalue weighted by molar-refractivity contribution is 6.32. The Morgan fingerprint density at radius 2 is 1.83 bits per heavy atom. The van der Waals surface area contributed by atoms with Crippen molar-refractivity contribution < 1.29 is 4.74 Å². The number of ether oxygens (including phenoxy) is 1. The lowest BCUT2D eigenvalue weighted by molar-refractivity contribution is 0.279. The predicted octanol–water partition coefficient (Wildman–Crippen LogP) is 4.73. The Kier molecular flexibility index (Phi) is 5.54. The normalized spacial score (nSPS) is 17.1. The Hall–Kier alpha value is -2.47. The molecule has 4 N–H and O–H groups in total. The van der Waals surface area contributed by atoms with Gasteiger partial charge in [-0.2, -0.15) is 0 Å². The summed E-state index contributed by atoms with van der Waals surface area (Å²) in [5.74, 6) is 1.75. The van der Waals surface area contributed by atoms with Crippen LogP contribution >= 0.6 is 11.6 Å². The molecule has 29 heavy (non-hydrogen) atoms. The molecule has 0 saturated heterocycles. The van der Waals surface area contributed by atoms with E-state index in [2.05, 4.69) is 0 Å². The standard InChI is InChI=1S/C23H25ClN4O/c1-29-17-7-8-20-18(14-17)22(16-10-12-23(25,26)13-11-16)28-21(27-20)9-6-15-4-2-3-5-19(15)24/h2-9,14,16H,10-13,25-26H2,1H3. The first-order chi connectivity index (χ1) is 13.9. The van der Waals surface area contributed by atoms with E-state index in [9.17, 15) is 0 Å². The Bertz CT molecular complexity index is 1050. The van der Waals surface area contributed by atoms with Crippen LogP contribution in [0.5, 0.6) is 5.75 Å². The second-order valence-corrected chi connectivity index (χ2v) is 8.12. The number of nitrogens with two attached hydrogens (primary N) is 2. The number of hydrogen-bond acceptors (Lipinski definition) is 5. The first kappa shape index (κ1) is 19.8. The number of nitrogens with zero attached hydrogens (tertiary/aromatic N) is 2. The van der Waals surface area contributed by atoms with Crippen LogP contribution in [0.4, 0.5) is 0 Å². The van der Waals surface area contributed by atoms with Crippen LogP contribution in [0.1, 0.15) is 48.7 Å². The summed E-state index contributed by atoms with van der Waals surface area (Å²) in [4.78, 5) is 9.65. The molecule has 1 heterocycles. The summed E-state index contributed by atoms with van der Waals surface area (Å²) in [6.45, 7) is 0. The van der Waals surface area contributed by atoms with Crippen LogP contribution in [0.15, 0.2) is 42.5 Å². The quantitative estimate of drug-likeness (QED) is 0.609. The van der Waals surface area contributed by atoms with Crippen LogP contribution in [0.2, 0.25) is 5.02 Å². The Morgan fingerprint density at radius 1 is 1.07 bits per heavy atom. The molecule has 2 aromatic carbocycles. The van der Waals surface area contributed by atoms with Crippen molar-refractivity contribution in [3.8, 4) is 5.75 Å². The van der Waals surface area contributed by atoms with E-state index in [1.54, 1.807) is 7.11 Å². The van der Waals surface area contributed by atoms with Gasteiger partial charge in [-0.1, -0.05) is 29.8 Å². The largest absolute Gasteiger partial charge is 0.497 e. The van der Waals surface area contributed by atoms with E-state index >= 15 is 0 Å². The van der Waals surface area contributed by atoms with Crippen LogP contribution in [0.25, 0.3) is 23.1 Å². The molecule has 150 valence electrons. The molecule has 1 saturated carbocycles. The third-order valence-electron chi connectivity index (χ3n) is 5.57. The van der Waals surface area contributed by atoms with Crippen molar-refractivity contribution >= 4 is 34.7 Å². The second-order valence-electron chi connectivity index (χ2n) is 7.71. The van der Waals surface area contributed by atoms with Crippen molar-refractivity contribution in [2.75, 3.05) is 7.11 Å². The topological polar surface area (TPSA) is 87.0 Å². The van der Waals surface area contributed by atoms with Crippen molar-refractivity contribution in [2.24, 2.45) is 11.5 Å². The van der Waals surface area contributed by atoms with Crippen LogP contribution in [0.3, 0.4) is 0 Å². The van der Waals surface area contributed by atoms with Gasteiger partial charge in [-0.3, -0.25) is 0 Å². The summed E-state index contributed by atoms with van der Waals surface area (Å²) in [7, 11) is 1.67. The minimum atomic E-state index is -0.580. The predicted molar refractivity (Wildman–Crippen MR) is 119 cm³/mol. The number of halogens is 1. The van der Waals surface area contributed by atoms with Gasteiger partial charge in [-0.15, -0.1) is 0 Å². The fraction of sp³-hybridized carbons (Fsp3) is 0.304. The summed E-state index contributed by atoms with van der Waals surface area (Å²) < 4.78 is 5.42. The highest BCUT2D eigenvalue weighted by atomic mass is 35.5. The Morgan fingerprint density at radius 3 is 2.55 bits per heavy atom. The Labute approximate surface area is 175 Å². The van der Waals surface area contributed by atoms with E-state index in [0.717, 1.165) is 53.6 Å². The first-order valence-corrected chi connectivity index (χ1v) is 10.2. The molecule has 1 aromatic heterocycles. The molecule has 1 fully saturated rings. The summed E-state index contributed by atoms with van der Waals surface area (Å²) in [5, 5.41) is 1.72. The van der Waals surface area contributed by atoms with Gasteiger partial charge in [0, 0.05) is 16.3 Å². The number of hydrogen-bond donors (Lipinski definition) is 2. The minimum absolute atomic E-state index is 0.292. The van der Waals surface area contributed by atoms with Crippen molar-refractivity contribution in [1.29, 1.82) is 0 Å². The lowest BCUT2D eigenvalue weighted by Crippen LogP contribution is -2.51. The maximum atomic E-state index is 6.27. The van der Waals surface area contributed by atoms with E-state index in [1.807, 2.05) is 54.6 Å². The summed E-state index contributed by atoms with van der Waals surface area (Å²) >= 11 is 6.27. The maximum Gasteiger partial charge on any atom is 0.152 e. The summed E-state index contributed by atoms with van der Waals surface area (Å²) in [5.41, 5.74) is 14.5. The van der Waals surface area contributed by atoms with Gasteiger partial charge in [0.25, 0.3) is 0 Å². The molecule has 0 unspecified atom stereocenters. The highest BCUT2D eigenvalue weighted by Gasteiger charge is 2.30. The third kappa shape index (κ3) is 4.42. The molecular weight excluding hydrogens is 384 g/mol. The fourth-order valence-corrected chi connectivity index (χ4v) is 4.06. The molecule has 5 nitrogen and oxygen atoms in total. The smallest absolute Gasteiger partial charge is 0.152 e. The summed E-state index contributed by atoms with van der Waals surface area (Å²) in [6.07, 6.45) is 7.22. The molecular formula is C23H25ClN4O. The van der Waals surface area contributed by atoms with Gasteiger partial charge in [0.15, 0.2) is 5.82 Å². The first-order valence-electron chi connectivity index (χ1n) is 9.81. The van der Waals surface area contributed by atoms with Crippen molar-refractivity contribution in [2.45, 2.75) is 37.3 Å². The second kappa shape index (κ2) is 8.11. The van der Waals surface area contributed by atoms with Gasteiger partial charge in [0.05, 0.1) is 24.0 Å². The average Bonchev–Trinajstić information content (AvgIpc) is 2.72. The zero-order chi connectivity index (χ0) is 20.4. The molecule has 1 aliphatic carbocycles. The molecule has 4 rings (SSSR count).